The van der Waals surface area contributed by atoms with Crippen LogP contribution in [-0.2, 0) is 11.2 Å². The van der Waals surface area contributed by atoms with Crippen molar-refractivity contribution in [2.75, 3.05) is 10.6 Å². The number of aromatic nitrogens is 1. The lowest BCUT2D eigenvalue weighted by molar-refractivity contribution is -0.115. The molecule has 0 bridgehead atoms. The van der Waals surface area contributed by atoms with Crippen LogP contribution in [0, 0.1) is 13.8 Å². The third-order valence-corrected chi connectivity index (χ3v) is 5.31. The van der Waals surface area contributed by atoms with E-state index < -0.39 is 5.91 Å². The molecule has 2 N–H and O–H groups in total. The van der Waals surface area contributed by atoms with Gasteiger partial charge in [0.1, 0.15) is 0 Å². The van der Waals surface area contributed by atoms with Crippen LogP contribution in [0.15, 0.2) is 65.3 Å². The normalized spacial score (nSPS) is 10.8. The molecule has 0 saturated carbocycles. The topological polar surface area (TPSA) is 84.2 Å². The minimum absolute atomic E-state index is 0.156. The Morgan fingerprint density at radius 1 is 1.00 bits per heavy atom. The van der Waals surface area contributed by atoms with Gasteiger partial charge in [0.2, 0.25) is 5.91 Å². The van der Waals surface area contributed by atoms with Crippen LogP contribution < -0.4 is 10.6 Å². The monoisotopic (exact) mass is 433 g/mol. The predicted octanol–water partition coefficient (Wildman–Crippen LogP) is 5.53. The van der Waals surface area contributed by atoms with E-state index in [9.17, 15) is 9.59 Å². The molecule has 0 aliphatic rings. The molecular formula is C24H20ClN3O3. The number of nitrogens with one attached hydrogen (secondary N) is 2. The van der Waals surface area contributed by atoms with E-state index in [-0.39, 0.29) is 18.1 Å². The van der Waals surface area contributed by atoms with Crippen LogP contribution in [0.5, 0.6) is 0 Å². The molecule has 0 unspecified atom stereocenters. The van der Waals surface area contributed by atoms with Crippen LogP contribution in [0.3, 0.4) is 0 Å². The molecule has 31 heavy (non-hydrogen) atoms. The van der Waals surface area contributed by atoms with Crippen molar-refractivity contribution in [2.24, 2.45) is 0 Å². The number of rotatable bonds is 5. The molecule has 2 aromatic heterocycles. The lowest BCUT2D eigenvalue weighted by atomic mass is 9.99. The van der Waals surface area contributed by atoms with E-state index in [1.54, 1.807) is 30.3 Å². The quantitative estimate of drug-likeness (QED) is 0.433. The summed E-state index contributed by atoms with van der Waals surface area (Å²) in [7, 11) is 0. The third kappa shape index (κ3) is 4.44. The van der Waals surface area contributed by atoms with E-state index in [2.05, 4.69) is 15.6 Å². The summed E-state index contributed by atoms with van der Waals surface area (Å²) in [4.78, 5) is 29.9. The molecule has 0 aliphatic heterocycles. The molecule has 4 rings (SSSR count). The Balaban J connectivity index is 1.57. The number of hydrogen-bond donors (Lipinski definition) is 2. The number of furan rings is 1. The van der Waals surface area contributed by atoms with Gasteiger partial charge in [0.25, 0.3) is 5.91 Å². The second kappa shape index (κ2) is 8.62. The molecule has 2 aromatic carbocycles. The van der Waals surface area contributed by atoms with E-state index in [0.29, 0.717) is 16.4 Å². The molecule has 0 radical (unpaired) electrons. The average molecular weight is 434 g/mol. The van der Waals surface area contributed by atoms with Crippen LogP contribution in [0.1, 0.15) is 27.4 Å². The fourth-order valence-corrected chi connectivity index (χ4v) is 3.68. The maximum atomic E-state index is 12.9. The minimum atomic E-state index is -0.437. The maximum Gasteiger partial charge on any atom is 0.291 e. The number of pyridine rings is 1. The first kappa shape index (κ1) is 20.6. The molecule has 2 amide bonds. The Morgan fingerprint density at radius 2 is 1.81 bits per heavy atom. The first-order chi connectivity index (χ1) is 14.9. The highest BCUT2D eigenvalue weighted by Gasteiger charge is 2.16. The average Bonchev–Trinajstić information content (AvgIpc) is 3.28. The zero-order valence-corrected chi connectivity index (χ0v) is 17.8. The number of carbonyl (C=O) groups excluding carboxylic acids is 2. The van der Waals surface area contributed by atoms with Gasteiger partial charge in [0.15, 0.2) is 5.76 Å². The van der Waals surface area contributed by atoms with Gasteiger partial charge in [-0.05, 0) is 61.4 Å². The first-order valence-electron chi connectivity index (χ1n) is 9.71. The van der Waals surface area contributed by atoms with Crippen molar-refractivity contribution in [1.29, 1.82) is 0 Å². The fourth-order valence-electron chi connectivity index (χ4n) is 3.51. The maximum absolute atomic E-state index is 12.9. The van der Waals surface area contributed by atoms with Crippen LogP contribution in [0.4, 0.5) is 11.4 Å². The van der Waals surface area contributed by atoms with Gasteiger partial charge in [-0.25, -0.2) is 0 Å². The summed E-state index contributed by atoms with van der Waals surface area (Å²) in [6.07, 6.45) is 1.57. The SMILES string of the molecule is Cc1nc2ccccc2c(C)c1CC(=O)Nc1ccc(Cl)cc1NC(=O)c1ccco1. The van der Waals surface area contributed by atoms with E-state index in [4.69, 9.17) is 16.0 Å². The van der Waals surface area contributed by atoms with Crippen molar-refractivity contribution in [1.82, 2.24) is 4.98 Å². The second-order valence-corrected chi connectivity index (χ2v) is 7.60. The van der Waals surface area contributed by atoms with Gasteiger partial charge in [0, 0.05) is 16.1 Å². The molecule has 156 valence electrons. The minimum Gasteiger partial charge on any atom is -0.459 e. The van der Waals surface area contributed by atoms with Crippen LogP contribution in [0.25, 0.3) is 10.9 Å². The Hall–Kier alpha value is -3.64. The Kier molecular flexibility index (Phi) is 5.73. The fraction of sp³-hybridized carbons (Fsp3) is 0.125. The summed E-state index contributed by atoms with van der Waals surface area (Å²) in [6.45, 7) is 3.90. The highest BCUT2D eigenvalue weighted by Crippen LogP contribution is 2.28. The van der Waals surface area contributed by atoms with Gasteiger partial charge in [-0.3, -0.25) is 14.6 Å². The smallest absolute Gasteiger partial charge is 0.291 e. The van der Waals surface area contributed by atoms with E-state index in [0.717, 1.165) is 27.7 Å². The number of halogens is 1. The standard InChI is InChI=1S/C24H20ClN3O3/c1-14-17-6-3-4-7-19(17)26-15(2)18(14)13-23(29)27-20-10-9-16(25)12-21(20)28-24(30)22-8-5-11-31-22/h3-12H,13H2,1-2H3,(H,27,29)(H,28,30). The number of carbonyl (C=O) groups is 2. The van der Waals surface area contributed by atoms with Gasteiger partial charge in [-0.1, -0.05) is 29.8 Å². The summed E-state index contributed by atoms with van der Waals surface area (Å²) in [5.41, 5.74) is 4.45. The van der Waals surface area contributed by atoms with Gasteiger partial charge in [0.05, 0.1) is 29.6 Å². The van der Waals surface area contributed by atoms with E-state index in [1.807, 2.05) is 38.1 Å². The molecule has 0 spiro atoms. The van der Waals surface area contributed by atoms with Gasteiger partial charge in [-0.2, -0.15) is 0 Å². The lowest BCUT2D eigenvalue weighted by Gasteiger charge is -2.15. The van der Waals surface area contributed by atoms with Crippen LogP contribution in [0.2, 0.25) is 5.02 Å². The van der Waals surface area contributed by atoms with Crippen molar-refractivity contribution < 1.29 is 14.0 Å². The zero-order valence-electron chi connectivity index (χ0n) is 17.0. The number of fused-ring (bicyclic) bond motifs is 1. The van der Waals surface area contributed by atoms with E-state index >= 15 is 0 Å². The highest BCUT2D eigenvalue weighted by molar-refractivity contribution is 6.31. The molecule has 4 aromatic rings. The van der Waals surface area contributed by atoms with Gasteiger partial charge < -0.3 is 15.1 Å². The molecular weight excluding hydrogens is 414 g/mol. The number of amides is 2. The summed E-state index contributed by atoms with van der Waals surface area (Å²) >= 11 is 6.09. The first-order valence-corrected chi connectivity index (χ1v) is 10.1. The molecule has 0 aliphatic carbocycles. The zero-order chi connectivity index (χ0) is 22.0. The van der Waals surface area contributed by atoms with Crippen molar-refractivity contribution in [3.63, 3.8) is 0 Å². The summed E-state index contributed by atoms with van der Waals surface area (Å²) < 4.78 is 5.12. The molecule has 0 saturated heterocycles. The summed E-state index contributed by atoms with van der Waals surface area (Å²) in [5, 5.41) is 7.05. The number of hydrogen-bond acceptors (Lipinski definition) is 4. The van der Waals surface area contributed by atoms with Crippen molar-refractivity contribution >= 4 is 45.7 Å². The van der Waals surface area contributed by atoms with Crippen LogP contribution in [-0.4, -0.2) is 16.8 Å². The number of para-hydroxylation sites is 1. The molecule has 2 heterocycles. The summed E-state index contributed by atoms with van der Waals surface area (Å²) in [5.74, 6) is -0.502. The number of aryl methyl sites for hydroxylation is 2. The molecule has 0 fully saturated rings. The predicted molar refractivity (Wildman–Crippen MR) is 122 cm³/mol. The van der Waals surface area contributed by atoms with Crippen LogP contribution >= 0.6 is 11.6 Å². The van der Waals surface area contributed by atoms with Crippen molar-refractivity contribution in [2.45, 2.75) is 20.3 Å². The van der Waals surface area contributed by atoms with Gasteiger partial charge in [-0.15, -0.1) is 0 Å². The lowest BCUT2D eigenvalue weighted by Crippen LogP contribution is -2.19. The number of anilines is 2. The van der Waals surface area contributed by atoms with E-state index in [1.165, 1.54) is 6.26 Å². The summed E-state index contributed by atoms with van der Waals surface area (Å²) in [6, 6.07) is 15.9. The third-order valence-electron chi connectivity index (χ3n) is 5.07. The molecule has 0 atom stereocenters. The highest BCUT2D eigenvalue weighted by atomic mass is 35.5. The Morgan fingerprint density at radius 3 is 2.58 bits per heavy atom. The Labute approximate surface area is 184 Å². The largest absolute Gasteiger partial charge is 0.459 e. The van der Waals surface area contributed by atoms with Crippen molar-refractivity contribution in [3.05, 3.63) is 88.5 Å². The number of benzene rings is 2. The number of nitrogens with zero attached hydrogens (tertiary/aromatic N) is 1. The molecule has 7 heteroatoms. The van der Waals surface area contributed by atoms with Gasteiger partial charge >= 0.3 is 0 Å². The second-order valence-electron chi connectivity index (χ2n) is 7.16. The molecule has 6 nitrogen and oxygen atoms in total. The van der Waals surface area contributed by atoms with Crippen molar-refractivity contribution in [3.8, 4) is 0 Å². The Bertz CT molecular complexity index is 1280.